The Morgan fingerprint density at radius 2 is 1.52 bits per heavy atom. The third-order valence-corrected chi connectivity index (χ3v) is 4.41. The molecule has 0 saturated heterocycles. The lowest BCUT2D eigenvalue weighted by molar-refractivity contribution is 0.284. The summed E-state index contributed by atoms with van der Waals surface area (Å²) in [7, 11) is 3.24. The molecule has 0 aliphatic heterocycles. The Morgan fingerprint density at radius 1 is 0.778 bits per heavy atom. The second kappa shape index (κ2) is 9.19. The van der Waals surface area contributed by atoms with Crippen molar-refractivity contribution in [1.29, 1.82) is 0 Å². The molecule has 0 heterocycles. The fraction of sp³-hybridized carbons (Fsp3) is 0.182. The minimum Gasteiger partial charge on any atom is -0.495 e. The normalized spacial score (nSPS) is 10.3. The van der Waals surface area contributed by atoms with Gasteiger partial charge in [-0.2, -0.15) is 0 Å². The largest absolute Gasteiger partial charge is 0.495 e. The van der Waals surface area contributed by atoms with E-state index in [2.05, 4.69) is 5.32 Å². The summed E-state index contributed by atoms with van der Waals surface area (Å²) in [4.78, 5) is 0. The molecule has 140 valence electrons. The zero-order valence-electron chi connectivity index (χ0n) is 15.4. The van der Waals surface area contributed by atoms with Crippen LogP contribution in [0, 0.1) is 0 Å². The zero-order chi connectivity index (χ0) is 19.1. The molecule has 3 rings (SSSR count). The molecule has 3 aromatic rings. The minimum absolute atomic E-state index is 0.499. The molecular weight excluding hydrogens is 362 g/mol. The van der Waals surface area contributed by atoms with Crippen LogP contribution >= 0.6 is 11.6 Å². The second-order valence-corrected chi connectivity index (χ2v) is 6.37. The van der Waals surface area contributed by atoms with Crippen molar-refractivity contribution >= 4 is 17.3 Å². The van der Waals surface area contributed by atoms with Crippen LogP contribution in [0.3, 0.4) is 0 Å². The van der Waals surface area contributed by atoms with Gasteiger partial charge in [0.15, 0.2) is 11.5 Å². The number of ether oxygens (including phenoxy) is 3. The standard InChI is InChI=1S/C22H22ClNO3/c1-25-20-11-9-18(13-19(20)23)24-14-17-8-10-21(22(12-17)26-2)27-15-16-6-4-3-5-7-16/h3-13,24H,14-15H2,1-2H3. The van der Waals surface area contributed by atoms with Crippen LogP contribution < -0.4 is 19.5 Å². The molecule has 0 amide bonds. The van der Waals surface area contributed by atoms with E-state index in [0.717, 1.165) is 22.6 Å². The van der Waals surface area contributed by atoms with Gasteiger partial charge in [-0.25, -0.2) is 0 Å². The third-order valence-electron chi connectivity index (χ3n) is 4.11. The Labute approximate surface area is 164 Å². The third kappa shape index (κ3) is 5.08. The number of methoxy groups -OCH3 is 2. The van der Waals surface area contributed by atoms with Crippen molar-refractivity contribution in [3.05, 3.63) is 82.9 Å². The van der Waals surface area contributed by atoms with Gasteiger partial charge in [0.25, 0.3) is 0 Å². The summed E-state index contributed by atoms with van der Waals surface area (Å²) < 4.78 is 16.6. The van der Waals surface area contributed by atoms with Crippen LogP contribution in [0.5, 0.6) is 17.2 Å². The van der Waals surface area contributed by atoms with E-state index in [9.17, 15) is 0 Å². The van der Waals surface area contributed by atoms with Gasteiger partial charge >= 0.3 is 0 Å². The van der Waals surface area contributed by atoms with E-state index in [1.165, 1.54) is 0 Å². The number of nitrogens with one attached hydrogen (secondary N) is 1. The van der Waals surface area contributed by atoms with Gasteiger partial charge < -0.3 is 19.5 Å². The van der Waals surface area contributed by atoms with Crippen molar-refractivity contribution < 1.29 is 14.2 Å². The number of rotatable bonds is 8. The maximum Gasteiger partial charge on any atom is 0.161 e. The fourth-order valence-electron chi connectivity index (χ4n) is 2.66. The lowest BCUT2D eigenvalue weighted by Crippen LogP contribution is -2.02. The molecule has 0 bridgehead atoms. The number of halogens is 1. The van der Waals surface area contributed by atoms with E-state index in [-0.39, 0.29) is 0 Å². The molecule has 0 aromatic heterocycles. The van der Waals surface area contributed by atoms with Gasteiger partial charge in [0.05, 0.1) is 19.2 Å². The van der Waals surface area contributed by atoms with E-state index >= 15 is 0 Å². The molecule has 0 aliphatic rings. The molecule has 4 nitrogen and oxygen atoms in total. The predicted octanol–water partition coefficient (Wildman–Crippen LogP) is 5.55. The summed E-state index contributed by atoms with van der Waals surface area (Å²) >= 11 is 6.16. The summed E-state index contributed by atoms with van der Waals surface area (Å²) in [5, 5.41) is 3.92. The van der Waals surface area contributed by atoms with Crippen LogP contribution in [0.2, 0.25) is 5.02 Å². The number of hydrogen-bond acceptors (Lipinski definition) is 4. The highest BCUT2D eigenvalue weighted by Crippen LogP contribution is 2.30. The summed E-state index contributed by atoms with van der Waals surface area (Å²) in [6.07, 6.45) is 0. The van der Waals surface area contributed by atoms with Crippen LogP contribution in [0.1, 0.15) is 11.1 Å². The van der Waals surface area contributed by atoms with Crippen molar-refractivity contribution in [2.75, 3.05) is 19.5 Å². The molecule has 0 saturated carbocycles. The Kier molecular flexibility index (Phi) is 6.44. The van der Waals surface area contributed by atoms with E-state index in [1.807, 2.05) is 66.7 Å². The van der Waals surface area contributed by atoms with Crippen LogP contribution in [0.25, 0.3) is 0 Å². The molecule has 0 atom stereocenters. The predicted molar refractivity (Wildman–Crippen MR) is 109 cm³/mol. The van der Waals surface area contributed by atoms with Crippen LogP contribution in [-0.2, 0) is 13.2 Å². The SMILES string of the molecule is COc1ccc(NCc2ccc(OCc3ccccc3)c(OC)c2)cc1Cl. The number of hydrogen-bond donors (Lipinski definition) is 1. The highest BCUT2D eigenvalue weighted by molar-refractivity contribution is 6.32. The van der Waals surface area contributed by atoms with Gasteiger partial charge in [-0.1, -0.05) is 48.0 Å². The van der Waals surface area contributed by atoms with Gasteiger partial charge in [0.2, 0.25) is 0 Å². The fourth-order valence-corrected chi connectivity index (χ4v) is 2.91. The number of anilines is 1. The molecule has 5 heteroatoms. The van der Waals surface area contributed by atoms with Crippen molar-refractivity contribution in [3.63, 3.8) is 0 Å². The monoisotopic (exact) mass is 383 g/mol. The first-order chi connectivity index (χ1) is 13.2. The zero-order valence-corrected chi connectivity index (χ0v) is 16.1. The Hall–Kier alpha value is -2.85. The van der Waals surface area contributed by atoms with Crippen molar-refractivity contribution in [3.8, 4) is 17.2 Å². The molecule has 0 fully saturated rings. The van der Waals surface area contributed by atoms with Crippen LogP contribution in [0.4, 0.5) is 5.69 Å². The summed E-state index contributed by atoms with van der Waals surface area (Å²) in [6, 6.07) is 21.6. The van der Waals surface area contributed by atoms with Crippen LogP contribution in [-0.4, -0.2) is 14.2 Å². The topological polar surface area (TPSA) is 39.7 Å². The molecule has 3 aromatic carbocycles. The Morgan fingerprint density at radius 3 is 2.22 bits per heavy atom. The lowest BCUT2D eigenvalue weighted by atomic mass is 10.2. The first kappa shape index (κ1) is 18.9. The van der Waals surface area contributed by atoms with Crippen molar-refractivity contribution in [2.24, 2.45) is 0 Å². The molecule has 0 unspecified atom stereocenters. The highest BCUT2D eigenvalue weighted by atomic mass is 35.5. The first-order valence-corrected chi connectivity index (χ1v) is 8.98. The quantitative estimate of drug-likeness (QED) is 0.553. The van der Waals surface area contributed by atoms with E-state index in [4.69, 9.17) is 25.8 Å². The Balaban J connectivity index is 1.64. The minimum atomic E-state index is 0.499. The molecule has 0 aliphatic carbocycles. The van der Waals surface area contributed by atoms with Gasteiger partial charge in [0, 0.05) is 12.2 Å². The number of benzene rings is 3. The van der Waals surface area contributed by atoms with Crippen LogP contribution in [0.15, 0.2) is 66.7 Å². The molecular formula is C22H22ClNO3. The summed E-state index contributed by atoms with van der Waals surface area (Å²) in [6.45, 7) is 1.14. The maximum absolute atomic E-state index is 6.16. The van der Waals surface area contributed by atoms with Gasteiger partial charge in [-0.15, -0.1) is 0 Å². The highest BCUT2D eigenvalue weighted by Gasteiger charge is 2.07. The smallest absolute Gasteiger partial charge is 0.161 e. The van der Waals surface area contributed by atoms with Crippen molar-refractivity contribution in [1.82, 2.24) is 0 Å². The summed E-state index contributed by atoms with van der Waals surface area (Å²) in [5.41, 5.74) is 3.11. The summed E-state index contributed by atoms with van der Waals surface area (Å²) in [5.74, 6) is 2.08. The lowest BCUT2D eigenvalue weighted by Gasteiger charge is -2.13. The average molecular weight is 384 g/mol. The molecule has 0 spiro atoms. The molecule has 1 N–H and O–H groups in total. The second-order valence-electron chi connectivity index (χ2n) is 5.96. The van der Waals surface area contributed by atoms with Gasteiger partial charge in [-0.05, 0) is 41.5 Å². The van der Waals surface area contributed by atoms with Gasteiger partial charge in [-0.3, -0.25) is 0 Å². The maximum atomic E-state index is 6.16. The molecule has 0 radical (unpaired) electrons. The first-order valence-electron chi connectivity index (χ1n) is 8.60. The Bertz CT molecular complexity index is 884. The van der Waals surface area contributed by atoms with Gasteiger partial charge in [0.1, 0.15) is 12.4 Å². The van der Waals surface area contributed by atoms with E-state index in [1.54, 1.807) is 14.2 Å². The molecule has 27 heavy (non-hydrogen) atoms. The van der Waals surface area contributed by atoms with E-state index in [0.29, 0.717) is 29.7 Å². The van der Waals surface area contributed by atoms with Crippen molar-refractivity contribution in [2.45, 2.75) is 13.2 Å². The van der Waals surface area contributed by atoms with E-state index < -0.39 is 0 Å². The average Bonchev–Trinajstić information content (AvgIpc) is 2.71.